The van der Waals surface area contributed by atoms with Crippen LogP contribution in [0.3, 0.4) is 0 Å². The molecule has 0 radical (unpaired) electrons. The van der Waals surface area contributed by atoms with Crippen molar-refractivity contribution < 1.29 is 9.21 Å². The zero-order chi connectivity index (χ0) is 19.8. The Hall–Kier alpha value is -3.68. The van der Waals surface area contributed by atoms with Crippen LogP contribution in [0.2, 0.25) is 0 Å². The number of fused-ring (bicyclic) bond motifs is 1. The summed E-state index contributed by atoms with van der Waals surface area (Å²) in [5.41, 5.74) is 2.41. The van der Waals surface area contributed by atoms with E-state index in [-0.39, 0.29) is 12.1 Å². The number of urea groups is 1. The van der Waals surface area contributed by atoms with Gasteiger partial charge in [0, 0.05) is 16.6 Å². The number of para-hydroxylation sites is 1. The Balaban J connectivity index is 1.24. The first-order valence-electron chi connectivity index (χ1n) is 9.62. The Morgan fingerprint density at radius 2 is 1.97 bits per heavy atom. The Morgan fingerprint density at radius 1 is 1.17 bits per heavy atom. The van der Waals surface area contributed by atoms with Crippen LogP contribution in [0.4, 0.5) is 10.5 Å². The van der Waals surface area contributed by atoms with Gasteiger partial charge < -0.3 is 15.1 Å². The molecule has 146 valence electrons. The zero-order valence-corrected chi connectivity index (χ0v) is 15.9. The highest BCUT2D eigenvalue weighted by Gasteiger charge is 2.28. The fourth-order valence-corrected chi connectivity index (χ4v) is 3.30. The molecule has 1 aliphatic carbocycles. The van der Waals surface area contributed by atoms with Gasteiger partial charge in [0.15, 0.2) is 5.82 Å². The summed E-state index contributed by atoms with van der Waals surface area (Å²) < 4.78 is 7.68. The van der Waals surface area contributed by atoms with Gasteiger partial charge in [-0.1, -0.05) is 18.2 Å². The van der Waals surface area contributed by atoms with Crippen LogP contribution in [0.25, 0.3) is 22.4 Å². The predicted molar refractivity (Wildman–Crippen MR) is 108 cm³/mol. The van der Waals surface area contributed by atoms with Crippen LogP contribution in [0.1, 0.15) is 37.6 Å². The first-order valence-corrected chi connectivity index (χ1v) is 9.62. The van der Waals surface area contributed by atoms with Crippen molar-refractivity contribution in [3.8, 4) is 11.4 Å². The molecule has 0 saturated heterocycles. The second-order valence-electron chi connectivity index (χ2n) is 7.26. The molecule has 0 spiro atoms. The summed E-state index contributed by atoms with van der Waals surface area (Å²) in [6.45, 7) is 1.89. The van der Waals surface area contributed by atoms with E-state index in [1.54, 1.807) is 0 Å². The number of benzene rings is 2. The zero-order valence-electron chi connectivity index (χ0n) is 15.9. The number of furan rings is 1. The van der Waals surface area contributed by atoms with Gasteiger partial charge in [0.25, 0.3) is 0 Å². The molecular weight excluding hydrogens is 368 g/mol. The Bertz CT molecular complexity index is 1130. The normalized spacial score (nSPS) is 14.7. The van der Waals surface area contributed by atoms with Crippen LogP contribution < -0.4 is 10.6 Å². The molecule has 2 aromatic heterocycles. The fourth-order valence-electron chi connectivity index (χ4n) is 3.30. The van der Waals surface area contributed by atoms with E-state index in [1.807, 2.05) is 66.2 Å². The van der Waals surface area contributed by atoms with Crippen LogP contribution >= 0.6 is 0 Å². The van der Waals surface area contributed by atoms with E-state index in [0.29, 0.717) is 17.5 Å². The number of carbonyl (C=O) groups excluding carboxylic acids is 1. The van der Waals surface area contributed by atoms with Crippen molar-refractivity contribution in [1.29, 1.82) is 0 Å². The molecule has 1 aliphatic rings. The molecule has 4 aromatic rings. The molecule has 0 aliphatic heterocycles. The number of nitrogens with zero attached hydrogens (tertiary/aromatic N) is 4. The van der Waals surface area contributed by atoms with Crippen molar-refractivity contribution in [1.82, 2.24) is 25.5 Å². The molecule has 1 fully saturated rings. The van der Waals surface area contributed by atoms with E-state index < -0.39 is 0 Å². The number of hydrogen-bond acceptors (Lipinski definition) is 5. The Labute approximate surface area is 166 Å². The summed E-state index contributed by atoms with van der Waals surface area (Å²) in [7, 11) is 0. The summed E-state index contributed by atoms with van der Waals surface area (Å²) in [5, 5.41) is 18.7. The minimum absolute atomic E-state index is 0.259. The van der Waals surface area contributed by atoms with Crippen molar-refractivity contribution in [3.63, 3.8) is 0 Å². The van der Waals surface area contributed by atoms with Crippen LogP contribution in [0.15, 0.2) is 59.0 Å². The van der Waals surface area contributed by atoms with Gasteiger partial charge in [0.1, 0.15) is 11.3 Å². The number of carbonyl (C=O) groups is 1. The average Bonchev–Trinajstić information content (AvgIpc) is 3.28. The second-order valence-corrected chi connectivity index (χ2v) is 7.26. The molecule has 0 bridgehead atoms. The van der Waals surface area contributed by atoms with Gasteiger partial charge in [-0.05, 0) is 66.6 Å². The highest BCUT2D eigenvalue weighted by atomic mass is 16.3. The summed E-state index contributed by atoms with van der Waals surface area (Å²) >= 11 is 0. The molecule has 2 N–H and O–H groups in total. The maximum atomic E-state index is 12.4. The maximum Gasteiger partial charge on any atom is 0.319 e. The molecule has 5 rings (SSSR count). The second kappa shape index (κ2) is 7.05. The molecule has 2 aromatic carbocycles. The van der Waals surface area contributed by atoms with Crippen molar-refractivity contribution in [2.24, 2.45) is 0 Å². The lowest BCUT2D eigenvalue weighted by Gasteiger charge is -2.13. The first-order chi connectivity index (χ1) is 14.2. The molecular formula is C21H20N6O2. The molecule has 2 heterocycles. The third-order valence-corrected chi connectivity index (χ3v) is 5.01. The van der Waals surface area contributed by atoms with Crippen LogP contribution in [-0.2, 0) is 0 Å². The fraction of sp³-hybridized carbons (Fsp3) is 0.238. The highest BCUT2D eigenvalue weighted by molar-refractivity contribution is 5.89. The number of nitrogens with one attached hydrogen (secondary N) is 2. The van der Waals surface area contributed by atoms with Gasteiger partial charge in [0.2, 0.25) is 0 Å². The number of anilines is 1. The van der Waals surface area contributed by atoms with E-state index in [2.05, 4.69) is 26.2 Å². The summed E-state index contributed by atoms with van der Waals surface area (Å²) in [6.07, 6.45) is 2.22. The lowest BCUT2D eigenvalue weighted by molar-refractivity contribution is 0.248. The lowest BCUT2D eigenvalue weighted by Crippen LogP contribution is -2.30. The van der Waals surface area contributed by atoms with Gasteiger partial charge in [-0.15, -0.1) is 5.10 Å². The van der Waals surface area contributed by atoms with Gasteiger partial charge in [0.05, 0.1) is 12.1 Å². The molecule has 0 unspecified atom stereocenters. The van der Waals surface area contributed by atoms with E-state index in [0.717, 1.165) is 35.2 Å². The molecule has 8 heteroatoms. The Morgan fingerprint density at radius 3 is 2.72 bits per heavy atom. The van der Waals surface area contributed by atoms with Gasteiger partial charge in [-0.2, -0.15) is 0 Å². The number of rotatable bonds is 5. The summed E-state index contributed by atoms with van der Waals surface area (Å²) in [6, 6.07) is 17.1. The number of hydrogen-bond donors (Lipinski definition) is 2. The van der Waals surface area contributed by atoms with Crippen LogP contribution in [0.5, 0.6) is 0 Å². The van der Waals surface area contributed by atoms with Crippen molar-refractivity contribution in [2.75, 3.05) is 5.32 Å². The van der Waals surface area contributed by atoms with E-state index in [1.165, 1.54) is 0 Å². The standard InChI is InChI=1S/C21H20N6O2/c1-13(19-12-15-4-2-3-5-18(15)29-19)22-21(28)23-16-8-6-14(7-9-16)20-24-25-26-27(20)17-10-11-17/h2-9,12-13,17H,10-11H2,1H3,(H2,22,23,28)/t13-/m1/s1. The number of amides is 2. The number of tetrazole rings is 1. The van der Waals surface area contributed by atoms with Crippen molar-refractivity contribution in [2.45, 2.75) is 31.8 Å². The van der Waals surface area contributed by atoms with Gasteiger partial charge in [-0.3, -0.25) is 0 Å². The molecule has 29 heavy (non-hydrogen) atoms. The van der Waals surface area contributed by atoms with E-state index >= 15 is 0 Å². The molecule has 1 saturated carbocycles. The van der Waals surface area contributed by atoms with Crippen molar-refractivity contribution in [3.05, 3.63) is 60.4 Å². The summed E-state index contributed by atoms with van der Waals surface area (Å²) in [5.74, 6) is 1.46. The Kier molecular flexibility index (Phi) is 4.23. The largest absolute Gasteiger partial charge is 0.459 e. The smallest absolute Gasteiger partial charge is 0.319 e. The number of aromatic nitrogens is 4. The summed E-state index contributed by atoms with van der Waals surface area (Å²) in [4.78, 5) is 12.4. The average molecular weight is 388 g/mol. The molecule has 1 atom stereocenters. The van der Waals surface area contributed by atoms with E-state index in [9.17, 15) is 4.79 Å². The van der Waals surface area contributed by atoms with Crippen LogP contribution in [0, 0.1) is 0 Å². The highest BCUT2D eigenvalue weighted by Crippen LogP contribution is 2.36. The van der Waals surface area contributed by atoms with Gasteiger partial charge >= 0.3 is 6.03 Å². The molecule has 2 amide bonds. The maximum absolute atomic E-state index is 12.4. The minimum atomic E-state index is -0.298. The van der Waals surface area contributed by atoms with Gasteiger partial charge in [-0.25, -0.2) is 9.48 Å². The third-order valence-electron chi connectivity index (χ3n) is 5.01. The molecule has 8 nitrogen and oxygen atoms in total. The third kappa shape index (κ3) is 3.56. The predicted octanol–water partition coefficient (Wildman–Crippen LogP) is 4.30. The minimum Gasteiger partial charge on any atom is -0.459 e. The first kappa shape index (κ1) is 17.4. The quantitative estimate of drug-likeness (QED) is 0.531. The monoisotopic (exact) mass is 388 g/mol. The topological polar surface area (TPSA) is 97.9 Å². The lowest BCUT2D eigenvalue weighted by atomic mass is 10.2. The SMILES string of the molecule is C[C@@H](NC(=O)Nc1ccc(-c2nnnn2C2CC2)cc1)c1cc2ccccc2o1. The van der Waals surface area contributed by atoms with E-state index in [4.69, 9.17) is 4.42 Å². The van der Waals surface area contributed by atoms with Crippen molar-refractivity contribution >= 4 is 22.7 Å². The van der Waals surface area contributed by atoms with Crippen LogP contribution in [-0.4, -0.2) is 26.2 Å².